The van der Waals surface area contributed by atoms with Gasteiger partial charge in [0.15, 0.2) is 0 Å². The summed E-state index contributed by atoms with van der Waals surface area (Å²) in [4.78, 5) is 10.3. The van der Waals surface area contributed by atoms with Crippen LogP contribution in [0, 0.1) is 11.3 Å². The Balaban J connectivity index is 1.99. The predicted octanol–water partition coefficient (Wildman–Crippen LogP) is 2.03. The quantitative estimate of drug-likeness (QED) is 0.817. The lowest BCUT2D eigenvalue weighted by atomic mass is 10.1. The maximum atomic E-state index is 8.79. The zero-order valence-corrected chi connectivity index (χ0v) is 10.2. The summed E-state index contributed by atoms with van der Waals surface area (Å²) in [6.07, 6.45) is 2.54. The number of hydrogen-bond acceptors (Lipinski definition) is 4. The molecule has 18 heavy (non-hydrogen) atoms. The lowest BCUT2D eigenvalue weighted by Crippen LogP contribution is -2.22. The Kier molecular flexibility index (Phi) is 3.87. The molecule has 2 aromatic rings. The van der Waals surface area contributed by atoms with Crippen LogP contribution in [0.15, 0.2) is 42.6 Å². The van der Waals surface area contributed by atoms with Gasteiger partial charge in [0.1, 0.15) is 11.8 Å². The van der Waals surface area contributed by atoms with Gasteiger partial charge in [0.05, 0.1) is 0 Å². The van der Waals surface area contributed by atoms with Gasteiger partial charge in [0.2, 0.25) is 5.95 Å². The third-order valence-corrected chi connectivity index (χ3v) is 2.68. The zero-order valence-electron chi connectivity index (χ0n) is 10.2. The van der Waals surface area contributed by atoms with Crippen molar-refractivity contribution >= 4 is 5.95 Å². The van der Waals surface area contributed by atoms with E-state index in [0.29, 0.717) is 11.6 Å². The van der Waals surface area contributed by atoms with Gasteiger partial charge in [-0.3, -0.25) is 0 Å². The second-order valence-corrected chi connectivity index (χ2v) is 4.01. The van der Waals surface area contributed by atoms with Crippen molar-refractivity contribution in [2.24, 2.45) is 0 Å². The van der Waals surface area contributed by atoms with Crippen LogP contribution in [0.4, 0.5) is 5.95 Å². The minimum atomic E-state index is 0.395. The number of anilines is 1. The summed E-state index contributed by atoms with van der Waals surface area (Å²) in [7, 11) is 1.93. The normalized spacial score (nSPS) is 9.78. The van der Waals surface area contributed by atoms with E-state index in [9.17, 15) is 0 Å². The van der Waals surface area contributed by atoms with E-state index in [1.165, 1.54) is 5.56 Å². The molecule has 90 valence electrons. The molecule has 0 fully saturated rings. The zero-order chi connectivity index (χ0) is 12.8. The summed E-state index contributed by atoms with van der Waals surface area (Å²) in [6, 6.07) is 13.9. The summed E-state index contributed by atoms with van der Waals surface area (Å²) in [6.45, 7) is 0.818. The van der Waals surface area contributed by atoms with Crippen LogP contribution in [-0.2, 0) is 6.42 Å². The van der Waals surface area contributed by atoms with E-state index in [0.717, 1.165) is 13.0 Å². The van der Waals surface area contributed by atoms with Crippen LogP contribution in [0.1, 0.15) is 11.3 Å². The fraction of sp³-hybridized carbons (Fsp3) is 0.214. The molecule has 0 N–H and O–H groups in total. The van der Waals surface area contributed by atoms with E-state index < -0.39 is 0 Å². The third-order valence-electron chi connectivity index (χ3n) is 2.68. The van der Waals surface area contributed by atoms with Crippen molar-refractivity contribution in [3.8, 4) is 6.07 Å². The van der Waals surface area contributed by atoms with Gasteiger partial charge in [-0.2, -0.15) is 5.26 Å². The lowest BCUT2D eigenvalue weighted by Gasteiger charge is -2.16. The van der Waals surface area contributed by atoms with Crippen LogP contribution < -0.4 is 4.90 Å². The SMILES string of the molecule is CN(CCc1ccccc1)c1nccc(C#N)n1. The van der Waals surface area contributed by atoms with E-state index in [-0.39, 0.29) is 0 Å². The first kappa shape index (κ1) is 12.1. The molecule has 0 aliphatic heterocycles. The van der Waals surface area contributed by atoms with Crippen molar-refractivity contribution in [1.82, 2.24) is 9.97 Å². The summed E-state index contributed by atoms with van der Waals surface area (Å²) in [5.41, 5.74) is 1.67. The molecule has 0 unspecified atom stereocenters. The minimum Gasteiger partial charge on any atom is -0.344 e. The molecule has 1 aromatic heterocycles. The van der Waals surface area contributed by atoms with Gasteiger partial charge in [0.25, 0.3) is 0 Å². The summed E-state index contributed by atoms with van der Waals surface area (Å²) >= 11 is 0. The maximum absolute atomic E-state index is 8.79. The molecule has 1 heterocycles. The number of hydrogen-bond donors (Lipinski definition) is 0. The highest BCUT2D eigenvalue weighted by atomic mass is 15.2. The Hall–Kier alpha value is -2.41. The molecule has 0 aliphatic rings. The van der Waals surface area contributed by atoms with Crippen molar-refractivity contribution in [1.29, 1.82) is 5.26 Å². The van der Waals surface area contributed by atoms with Crippen molar-refractivity contribution in [2.75, 3.05) is 18.5 Å². The first-order chi connectivity index (χ1) is 8.79. The molecule has 1 aromatic carbocycles. The molecule has 0 saturated carbocycles. The molecule has 0 amide bonds. The molecule has 0 radical (unpaired) electrons. The minimum absolute atomic E-state index is 0.395. The molecular weight excluding hydrogens is 224 g/mol. The van der Waals surface area contributed by atoms with Gasteiger partial charge in [0, 0.05) is 19.8 Å². The number of aromatic nitrogens is 2. The molecule has 4 nitrogen and oxygen atoms in total. The van der Waals surface area contributed by atoms with Crippen molar-refractivity contribution in [3.63, 3.8) is 0 Å². The van der Waals surface area contributed by atoms with E-state index in [2.05, 4.69) is 22.1 Å². The highest BCUT2D eigenvalue weighted by Gasteiger charge is 2.05. The average Bonchev–Trinajstić information content (AvgIpc) is 2.46. The van der Waals surface area contributed by atoms with Crippen LogP contribution >= 0.6 is 0 Å². The van der Waals surface area contributed by atoms with E-state index in [4.69, 9.17) is 5.26 Å². The maximum Gasteiger partial charge on any atom is 0.226 e. The van der Waals surface area contributed by atoms with Crippen LogP contribution in [0.5, 0.6) is 0 Å². The number of likely N-dealkylation sites (N-methyl/N-ethyl adjacent to an activating group) is 1. The largest absolute Gasteiger partial charge is 0.344 e. The average molecular weight is 238 g/mol. The van der Waals surface area contributed by atoms with Gasteiger partial charge >= 0.3 is 0 Å². The van der Waals surface area contributed by atoms with Crippen molar-refractivity contribution in [2.45, 2.75) is 6.42 Å². The van der Waals surface area contributed by atoms with E-state index >= 15 is 0 Å². The second-order valence-electron chi connectivity index (χ2n) is 4.01. The summed E-state index contributed by atoms with van der Waals surface area (Å²) in [5, 5.41) is 8.79. The molecule has 0 bridgehead atoms. The smallest absolute Gasteiger partial charge is 0.226 e. The van der Waals surface area contributed by atoms with Crippen molar-refractivity contribution < 1.29 is 0 Å². The van der Waals surface area contributed by atoms with Gasteiger partial charge in [-0.05, 0) is 18.1 Å². The molecule has 0 atom stereocenters. The Labute approximate surface area is 107 Å². The molecule has 0 aliphatic carbocycles. The Morgan fingerprint density at radius 3 is 2.72 bits per heavy atom. The van der Waals surface area contributed by atoms with Crippen LogP contribution in [0.3, 0.4) is 0 Å². The predicted molar refractivity (Wildman–Crippen MR) is 70.2 cm³/mol. The third kappa shape index (κ3) is 3.05. The highest BCUT2D eigenvalue weighted by Crippen LogP contribution is 2.07. The topological polar surface area (TPSA) is 52.8 Å². The van der Waals surface area contributed by atoms with Crippen molar-refractivity contribution in [3.05, 3.63) is 53.9 Å². The van der Waals surface area contributed by atoms with Crippen LogP contribution in [0.2, 0.25) is 0 Å². The highest BCUT2D eigenvalue weighted by molar-refractivity contribution is 5.33. The molecule has 4 heteroatoms. The lowest BCUT2D eigenvalue weighted by molar-refractivity contribution is 0.836. The summed E-state index contributed by atoms with van der Waals surface area (Å²) in [5.74, 6) is 0.588. The molecular formula is C14H14N4. The van der Waals surface area contributed by atoms with Crippen LogP contribution in [0.25, 0.3) is 0 Å². The number of rotatable bonds is 4. The molecule has 0 spiro atoms. The number of nitriles is 1. The Morgan fingerprint density at radius 1 is 1.22 bits per heavy atom. The van der Waals surface area contributed by atoms with Gasteiger partial charge in [-0.15, -0.1) is 0 Å². The van der Waals surface area contributed by atoms with Crippen LogP contribution in [-0.4, -0.2) is 23.6 Å². The first-order valence-corrected chi connectivity index (χ1v) is 5.78. The monoisotopic (exact) mass is 238 g/mol. The van der Waals surface area contributed by atoms with Gasteiger partial charge < -0.3 is 4.90 Å². The second kappa shape index (κ2) is 5.78. The molecule has 0 saturated heterocycles. The Morgan fingerprint density at radius 2 is 2.00 bits per heavy atom. The van der Waals surface area contributed by atoms with Gasteiger partial charge in [-0.1, -0.05) is 30.3 Å². The number of nitrogens with zero attached hydrogens (tertiary/aromatic N) is 4. The Bertz CT molecular complexity index is 545. The number of benzene rings is 1. The van der Waals surface area contributed by atoms with Gasteiger partial charge in [-0.25, -0.2) is 9.97 Å². The standard InChI is InChI=1S/C14H14N4/c1-18(10-8-12-5-3-2-4-6-12)14-16-9-7-13(11-15)17-14/h2-7,9H,8,10H2,1H3. The fourth-order valence-electron chi connectivity index (χ4n) is 1.64. The fourth-order valence-corrected chi connectivity index (χ4v) is 1.64. The summed E-state index contributed by atoms with van der Waals surface area (Å²) < 4.78 is 0. The first-order valence-electron chi connectivity index (χ1n) is 5.78. The van der Waals surface area contributed by atoms with E-state index in [1.54, 1.807) is 12.3 Å². The molecule has 2 rings (SSSR count). The van der Waals surface area contributed by atoms with E-state index in [1.807, 2.05) is 36.2 Å².